The molecule has 0 aliphatic heterocycles. The first-order valence-electron chi connectivity index (χ1n) is 6.46. The smallest absolute Gasteiger partial charge is 0.254 e. The minimum atomic E-state index is -0.193. The van der Waals surface area contributed by atoms with E-state index < -0.39 is 0 Å². The summed E-state index contributed by atoms with van der Waals surface area (Å²) in [4.78, 5) is 18.4. The Hall–Kier alpha value is -2.10. The second kappa shape index (κ2) is 5.69. The third-order valence-electron chi connectivity index (χ3n) is 2.85. The van der Waals surface area contributed by atoms with Crippen molar-refractivity contribution in [3.8, 4) is 11.6 Å². The molecule has 0 saturated carbocycles. The first kappa shape index (κ1) is 13.3. The molecule has 4 heteroatoms. The summed E-state index contributed by atoms with van der Waals surface area (Å²) in [5.41, 5.74) is 1.000. The lowest BCUT2D eigenvalue weighted by Gasteiger charge is -2.09. The number of aromatic amines is 1. The van der Waals surface area contributed by atoms with E-state index in [1.807, 2.05) is 25.1 Å². The summed E-state index contributed by atoms with van der Waals surface area (Å²) >= 11 is 0. The van der Waals surface area contributed by atoms with Crippen molar-refractivity contribution in [3.05, 3.63) is 52.1 Å². The molecular formula is C15H18N2O2. The van der Waals surface area contributed by atoms with Crippen LogP contribution in [0.15, 0.2) is 35.1 Å². The quantitative estimate of drug-likeness (QED) is 0.915. The summed E-state index contributed by atoms with van der Waals surface area (Å²) in [6.45, 7) is 6.18. The lowest BCUT2D eigenvalue weighted by atomic mass is 10.0. The number of nitrogens with one attached hydrogen (secondary N) is 1. The molecule has 0 atom stereocenters. The van der Waals surface area contributed by atoms with Crippen molar-refractivity contribution >= 4 is 0 Å². The number of aromatic nitrogens is 2. The zero-order chi connectivity index (χ0) is 13.8. The molecule has 4 nitrogen and oxygen atoms in total. The van der Waals surface area contributed by atoms with Gasteiger partial charge < -0.3 is 9.72 Å². The van der Waals surface area contributed by atoms with Crippen molar-refractivity contribution in [1.82, 2.24) is 9.97 Å². The van der Waals surface area contributed by atoms with E-state index in [4.69, 9.17) is 4.74 Å². The number of nitrogens with zero attached hydrogens (tertiary/aromatic N) is 1. The van der Waals surface area contributed by atoms with Gasteiger partial charge in [0.05, 0.1) is 6.07 Å². The number of benzene rings is 1. The SMILES string of the molecule is CCc1nc(Oc2cccc(C(C)C)c2)cc(=O)[nH]1. The molecule has 0 saturated heterocycles. The Morgan fingerprint density at radius 3 is 2.79 bits per heavy atom. The maximum atomic E-state index is 11.5. The summed E-state index contributed by atoms with van der Waals surface area (Å²) in [6.07, 6.45) is 0.665. The van der Waals surface area contributed by atoms with Crippen molar-refractivity contribution in [2.75, 3.05) is 0 Å². The molecule has 19 heavy (non-hydrogen) atoms. The molecule has 2 rings (SSSR count). The van der Waals surface area contributed by atoms with Crippen LogP contribution in [-0.2, 0) is 6.42 Å². The van der Waals surface area contributed by atoms with Gasteiger partial charge >= 0.3 is 0 Å². The zero-order valence-corrected chi connectivity index (χ0v) is 11.4. The Labute approximate surface area is 112 Å². The molecule has 0 fully saturated rings. The molecule has 100 valence electrons. The Morgan fingerprint density at radius 2 is 2.11 bits per heavy atom. The fourth-order valence-corrected chi connectivity index (χ4v) is 1.76. The predicted octanol–water partition coefficient (Wildman–Crippen LogP) is 3.25. The molecule has 0 unspecified atom stereocenters. The number of hydrogen-bond acceptors (Lipinski definition) is 3. The van der Waals surface area contributed by atoms with Crippen LogP contribution in [0.25, 0.3) is 0 Å². The molecule has 1 N–H and O–H groups in total. The minimum Gasteiger partial charge on any atom is -0.439 e. The van der Waals surface area contributed by atoms with E-state index in [0.29, 0.717) is 29.8 Å². The molecular weight excluding hydrogens is 240 g/mol. The summed E-state index contributed by atoms with van der Waals surface area (Å²) in [5, 5.41) is 0. The standard InChI is InChI=1S/C15H18N2O2/c1-4-13-16-14(18)9-15(17-13)19-12-7-5-6-11(8-12)10(2)3/h5-10H,4H2,1-3H3,(H,16,17,18). The molecule has 0 aliphatic rings. The van der Waals surface area contributed by atoms with E-state index in [9.17, 15) is 4.79 Å². The van der Waals surface area contributed by atoms with Crippen LogP contribution in [-0.4, -0.2) is 9.97 Å². The number of aryl methyl sites for hydroxylation is 1. The normalized spacial score (nSPS) is 10.7. The zero-order valence-electron chi connectivity index (χ0n) is 11.4. The maximum Gasteiger partial charge on any atom is 0.254 e. The first-order chi connectivity index (χ1) is 9.08. The van der Waals surface area contributed by atoms with Gasteiger partial charge in [0.25, 0.3) is 5.56 Å². The summed E-state index contributed by atoms with van der Waals surface area (Å²) in [6, 6.07) is 9.19. The Bertz CT molecular complexity index is 618. The maximum absolute atomic E-state index is 11.5. The van der Waals surface area contributed by atoms with Crippen molar-refractivity contribution in [2.24, 2.45) is 0 Å². The van der Waals surface area contributed by atoms with Gasteiger partial charge in [0.15, 0.2) is 0 Å². The molecule has 1 heterocycles. The average Bonchev–Trinajstić information content (AvgIpc) is 2.38. The molecule has 0 amide bonds. The molecule has 0 radical (unpaired) electrons. The number of ether oxygens (including phenoxy) is 1. The highest BCUT2D eigenvalue weighted by Gasteiger charge is 2.05. The van der Waals surface area contributed by atoms with Crippen LogP contribution < -0.4 is 10.3 Å². The van der Waals surface area contributed by atoms with Gasteiger partial charge in [0.1, 0.15) is 11.6 Å². The van der Waals surface area contributed by atoms with E-state index in [2.05, 4.69) is 29.9 Å². The number of hydrogen-bond donors (Lipinski definition) is 1. The second-order valence-corrected chi connectivity index (χ2v) is 4.71. The van der Waals surface area contributed by atoms with E-state index in [1.54, 1.807) is 0 Å². The monoisotopic (exact) mass is 258 g/mol. The second-order valence-electron chi connectivity index (χ2n) is 4.71. The first-order valence-corrected chi connectivity index (χ1v) is 6.46. The molecule has 1 aromatic heterocycles. The van der Waals surface area contributed by atoms with Crippen LogP contribution in [0.4, 0.5) is 0 Å². The third kappa shape index (κ3) is 3.44. The topological polar surface area (TPSA) is 55.0 Å². The van der Waals surface area contributed by atoms with Crippen LogP contribution in [0.3, 0.4) is 0 Å². The van der Waals surface area contributed by atoms with Gasteiger partial charge in [-0.05, 0) is 23.6 Å². The highest BCUT2D eigenvalue weighted by Crippen LogP contribution is 2.23. The lowest BCUT2D eigenvalue weighted by Crippen LogP contribution is -2.10. The van der Waals surface area contributed by atoms with Gasteiger partial charge in [-0.15, -0.1) is 0 Å². The average molecular weight is 258 g/mol. The lowest BCUT2D eigenvalue weighted by molar-refractivity contribution is 0.456. The molecule has 0 bridgehead atoms. The Morgan fingerprint density at radius 1 is 1.32 bits per heavy atom. The number of H-pyrrole nitrogens is 1. The van der Waals surface area contributed by atoms with E-state index >= 15 is 0 Å². The van der Waals surface area contributed by atoms with Crippen molar-refractivity contribution in [2.45, 2.75) is 33.1 Å². The van der Waals surface area contributed by atoms with Crippen LogP contribution in [0.5, 0.6) is 11.6 Å². The van der Waals surface area contributed by atoms with Gasteiger partial charge in [-0.1, -0.05) is 32.9 Å². The van der Waals surface area contributed by atoms with Gasteiger partial charge in [-0.3, -0.25) is 4.79 Å². The number of rotatable bonds is 4. The highest BCUT2D eigenvalue weighted by atomic mass is 16.5. The highest BCUT2D eigenvalue weighted by molar-refractivity contribution is 5.32. The Balaban J connectivity index is 2.28. The molecule has 1 aromatic carbocycles. The Kier molecular flexibility index (Phi) is 4.00. The largest absolute Gasteiger partial charge is 0.439 e. The molecule has 0 spiro atoms. The minimum absolute atomic E-state index is 0.193. The molecule has 2 aromatic rings. The van der Waals surface area contributed by atoms with Crippen LogP contribution >= 0.6 is 0 Å². The van der Waals surface area contributed by atoms with Crippen molar-refractivity contribution in [1.29, 1.82) is 0 Å². The predicted molar refractivity (Wildman–Crippen MR) is 74.8 cm³/mol. The van der Waals surface area contributed by atoms with Gasteiger partial charge in [-0.2, -0.15) is 4.98 Å². The van der Waals surface area contributed by atoms with Gasteiger partial charge in [0.2, 0.25) is 5.88 Å². The third-order valence-corrected chi connectivity index (χ3v) is 2.85. The van der Waals surface area contributed by atoms with Gasteiger partial charge in [-0.25, -0.2) is 0 Å². The molecule has 0 aliphatic carbocycles. The van der Waals surface area contributed by atoms with E-state index in [1.165, 1.54) is 11.6 Å². The summed E-state index contributed by atoms with van der Waals surface area (Å²) < 4.78 is 5.66. The summed E-state index contributed by atoms with van der Waals surface area (Å²) in [7, 11) is 0. The summed E-state index contributed by atoms with van der Waals surface area (Å²) in [5.74, 6) is 2.09. The van der Waals surface area contributed by atoms with Crippen LogP contribution in [0.2, 0.25) is 0 Å². The van der Waals surface area contributed by atoms with Gasteiger partial charge in [0, 0.05) is 6.42 Å². The van der Waals surface area contributed by atoms with Crippen LogP contribution in [0, 0.1) is 0 Å². The fraction of sp³-hybridized carbons (Fsp3) is 0.333. The van der Waals surface area contributed by atoms with Crippen molar-refractivity contribution < 1.29 is 4.74 Å². The van der Waals surface area contributed by atoms with Crippen molar-refractivity contribution in [3.63, 3.8) is 0 Å². The van der Waals surface area contributed by atoms with E-state index in [-0.39, 0.29) is 5.56 Å². The van der Waals surface area contributed by atoms with Crippen LogP contribution in [0.1, 0.15) is 38.1 Å². The fourth-order valence-electron chi connectivity index (χ4n) is 1.76. The van der Waals surface area contributed by atoms with E-state index in [0.717, 1.165) is 0 Å².